The number of hydrogen-bond acceptors (Lipinski definition) is 2. The van der Waals surface area contributed by atoms with Crippen molar-refractivity contribution in [1.29, 1.82) is 0 Å². The molecular weight excluding hydrogens is 1100 g/mol. The number of rotatable bonds is 8. The van der Waals surface area contributed by atoms with Crippen molar-refractivity contribution < 1.29 is 0 Å². The van der Waals surface area contributed by atoms with Crippen LogP contribution in [0, 0.1) is 6.57 Å². The largest absolute Gasteiger partial charge is 0.318 e. The van der Waals surface area contributed by atoms with Crippen LogP contribution < -0.4 is 0 Å². The Labute approximate surface area is 516 Å². The predicted octanol–water partition coefficient (Wildman–Crippen LogP) is 20.7. The summed E-state index contributed by atoms with van der Waals surface area (Å²) in [7, 11) is 0. The maximum absolute atomic E-state index is 9.97. The van der Waals surface area contributed by atoms with Gasteiger partial charge in [0, 0.05) is 28.1 Å². The van der Waals surface area contributed by atoms with Crippen LogP contribution in [0.4, 0.5) is 5.69 Å². The summed E-state index contributed by atoms with van der Waals surface area (Å²) in [6, 6.07) is 107. The van der Waals surface area contributed by atoms with E-state index in [0.29, 0.717) is 5.69 Å². The second-order valence-corrected chi connectivity index (χ2v) is 23.6. The minimum Gasteiger partial charge on any atom is -0.318 e. The highest BCUT2D eigenvalue weighted by Crippen LogP contribution is 2.56. The molecule has 0 radical (unpaired) electrons. The smallest absolute Gasteiger partial charge is 0.220 e. The van der Waals surface area contributed by atoms with E-state index in [1.807, 2.05) is 0 Å². The fourth-order valence-electron chi connectivity index (χ4n) is 14.9. The minimum atomic E-state index is -0.303. The highest BCUT2D eigenvalue weighted by atomic mass is 15.2. The number of hydrogen-bond donors (Lipinski definition) is 0. The van der Waals surface area contributed by atoms with Gasteiger partial charge in [0.05, 0.1) is 67.4 Å². The lowest BCUT2D eigenvalue weighted by molar-refractivity contribution is 1.02. The van der Waals surface area contributed by atoms with Gasteiger partial charge in [-0.2, -0.15) is 0 Å². The van der Waals surface area contributed by atoms with E-state index >= 15 is 0 Å². The standard InChI is InChI=1S/C82H50N8/c1-83-79-78(77-63-34-16-14-30-59(63)60-31-15-17-35-64(60)77)65(55-40-44-71-75(48-55)89-73-46-53(51-22-6-2-7-23-51)38-42-67(73)84-81(89)86(71)57-26-10-4-11-27-57)50-66(80(79)88-69-36-20-18-32-61(69)62-33-19-21-37-70(62)88)56-41-45-72-76(49-56)90-74-47-54(52-24-8-3-9-25-52)39-43-68(74)85-82(90)87(72)58-28-12-5-13-29-58/h2-50,77H. The molecule has 0 fully saturated rings. The lowest BCUT2D eigenvalue weighted by atomic mass is 9.80. The Balaban J connectivity index is 0.969. The van der Waals surface area contributed by atoms with E-state index in [2.05, 4.69) is 320 Å². The fraction of sp³-hybridized carbons (Fsp3) is 0.0122. The molecule has 418 valence electrons. The van der Waals surface area contributed by atoms with Gasteiger partial charge in [-0.15, -0.1) is 0 Å². The average molecular weight is 1150 g/mol. The summed E-state index contributed by atoms with van der Waals surface area (Å²) in [6.07, 6.45) is 0. The fourth-order valence-corrected chi connectivity index (χ4v) is 14.9. The Kier molecular flexibility index (Phi) is 10.7. The van der Waals surface area contributed by atoms with Gasteiger partial charge in [0.2, 0.25) is 17.2 Å². The molecule has 0 unspecified atom stereocenters. The molecule has 1 aliphatic rings. The lowest BCUT2D eigenvalue weighted by Gasteiger charge is -2.26. The summed E-state index contributed by atoms with van der Waals surface area (Å²) < 4.78 is 11.6. The molecule has 5 heterocycles. The van der Waals surface area contributed by atoms with Gasteiger partial charge >= 0.3 is 0 Å². The highest BCUT2D eigenvalue weighted by Gasteiger charge is 2.36. The number of benzene rings is 13. The maximum atomic E-state index is 9.97. The summed E-state index contributed by atoms with van der Waals surface area (Å²) >= 11 is 0. The van der Waals surface area contributed by atoms with Crippen LogP contribution in [0.25, 0.3) is 155 Å². The van der Waals surface area contributed by atoms with Crippen molar-refractivity contribution in [3.05, 3.63) is 325 Å². The lowest BCUT2D eigenvalue weighted by Crippen LogP contribution is -2.07. The van der Waals surface area contributed by atoms with Crippen LogP contribution in [0.15, 0.2) is 297 Å². The van der Waals surface area contributed by atoms with Crippen LogP contribution in [0.5, 0.6) is 0 Å². The first kappa shape index (κ1) is 49.9. The van der Waals surface area contributed by atoms with Crippen LogP contribution in [-0.4, -0.2) is 32.5 Å². The van der Waals surface area contributed by atoms with Gasteiger partial charge in [-0.25, -0.2) is 14.8 Å². The first-order chi connectivity index (χ1) is 44.6. The second-order valence-electron chi connectivity index (χ2n) is 23.6. The van der Waals surface area contributed by atoms with E-state index in [9.17, 15) is 6.57 Å². The molecule has 0 spiro atoms. The molecule has 0 saturated heterocycles. The molecular formula is C82H50N8. The zero-order chi connectivity index (χ0) is 59.1. The van der Waals surface area contributed by atoms with Crippen LogP contribution >= 0.6 is 0 Å². The monoisotopic (exact) mass is 1150 g/mol. The van der Waals surface area contributed by atoms with Gasteiger partial charge in [0.1, 0.15) is 0 Å². The third kappa shape index (κ3) is 7.23. The summed E-state index contributed by atoms with van der Waals surface area (Å²) in [5, 5.41) is 2.24. The average Bonchev–Trinajstić information content (AvgIpc) is 1.50. The first-order valence-corrected chi connectivity index (χ1v) is 30.5. The molecule has 0 atom stereocenters. The molecule has 18 aromatic rings. The molecule has 90 heavy (non-hydrogen) atoms. The Morgan fingerprint density at radius 2 is 0.711 bits per heavy atom. The number of nitrogens with zero attached hydrogens (tertiary/aromatic N) is 8. The molecule has 8 heteroatoms. The Hall–Kier alpha value is -12.3. The molecule has 0 N–H and O–H groups in total. The van der Waals surface area contributed by atoms with E-state index in [-0.39, 0.29) is 5.92 Å². The molecule has 0 aliphatic heterocycles. The van der Waals surface area contributed by atoms with E-state index < -0.39 is 0 Å². The molecule has 0 amide bonds. The molecule has 19 rings (SSSR count). The van der Waals surface area contributed by atoms with E-state index in [1.54, 1.807) is 0 Å². The third-order valence-electron chi connectivity index (χ3n) is 18.8. The summed E-state index contributed by atoms with van der Waals surface area (Å²) in [5.41, 5.74) is 27.4. The predicted molar refractivity (Wildman–Crippen MR) is 368 cm³/mol. The third-order valence-corrected chi connectivity index (χ3v) is 18.8. The zero-order valence-electron chi connectivity index (χ0n) is 48.4. The van der Waals surface area contributed by atoms with Gasteiger partial charge in [0.15, 0.2) is 0 Å². The van der Waals surface area contributed by atoms with Crippen molar-refractivity contribution in [2.24, 2.45) is 0 Å². The van der Waals surface area contributed by atoms with Gasteiger partial charge in [-0.1, -0.05) is 206 Å². The van der Waals surface area contributed by atoms with Crippen molar-refractivity contribution in [1.82, 2.24) is 32.5 Å². The van der Waals surface area contributed by atoms with Gasteiger partial charge in [-0.05, 0) is 163 Å². The highest BCUT2D eigenvalue weighted by molar-refractivity contribution is 6.12. The van der Waals surface area contributed by atoms with Crippen molar-refractivity contribution in [2.45, 2.75) is 5.92 Å². The Morgan fingerprint density at radius 3 is 1.20 bits per heavy atom. The summed E-state index contributed by atoms with van der Waals surface area (Å²) in [6.45, 7) is 9.97. The number of fused-ring (bicyclic) bond motifs is 16. The molecule has 8 nitrogen and oxygen atoms in total. The van der Waals surface area contributed by atoms with E-state index in [0.717, 1.165) is 145 Å². The molecule has 0 bridgehead atoms. The Morgan fingerprint density at radius 1 is 0.300 bits per heavy atom. The van der Waals surface area contributed by atoms with Crippen LogP contribution in [0.1, 0.15) is 22.6 Å². The summed E-state index contributed by atoms with van der Waals surface area (Å²) in [4.78, 5) is 15.8. The van der Waals surface area contributed by atoms with Crippen molar-refractivity contribution in [2.75, 3.05) is 0 Å². The van der Waals surface area contributed by atoms with Crippen LogP contribution in [0.2, 0.25) is 0 Å². The van der Waals surface area contributed by atoms with Crippen LogP contribution in [0.3, 0.4) is 0 Å². The number of aromatic nitrogens is 7. The van der Waals surface area contributed by atoms with Crippen molar-refractivity contribution >= 4 is 83.2 Å². The molecule has 0 saturated carbocycles. The quantitative estimate of drug-likeness (QED) is 0.142. The van der Waals surface area contributed by atoms with Gasteiger partial charge < -0.3 is 4.57 Å². The molecule has 13 aromatic carbocycles. The van der Waals surface area contributed by atoms with Gasteiger partial charge in [-0.3, -0.25) is 17.9 Å². The topological polar surface area (TPSA) is 53.8 Å². The maximum Gasteiger partial charge on any atom is 0.220 e. The second kappa shape index (κ2) is 19.3. The molecule has 1 aliphatic carbocycles. The van der Waals surface area contributed by atoms with Crippen molar-refractivity contribution in [3.8, 4) is 72.7 Å². The van der Waals surface area contributed by atoms with E-state index in [1.165, 1.54) is 22.3 Å². The number of imidazole rings is 4. The normalized spacial score (nSPS) is 12.4. The summed E-state index contributed by atoms with van der Waals surface area (Å²) in [5.74, 6) is 1.34. The van der Waals surface area contributed by atoms with Crippen LogP contribution in [-0.2, 0) is 0 Å². The van der Waals surface area contributed by atoms with E-state index in [4.69, 9.17) is 14.8 Å². The van der Waals surface area contributed by atoms with Crippen molar-refractivity contribution in [3.63, 3.8) is 0 Å². The van der Waals surface area contributed by atoms with Gasteiger partial charge in [0.25, 0.3) is 0 Å². The minimum absolute atomic E-state index is 0.303. The molecule has 5 aromatic heterocycles. The Bertz CT molecular complexity index is 5940. The number of para-hydroxylation sites is 4. The zero-order valence-corrected chi connectivity index (χ0v) is 48.4. The first-order valence-electron chi connectivity index (χ1n) is 30.5. The SMILES string of the molecule is [C-]#[N+]c1c(C2c3ccccc3-c3ccccc32)c(-c2ccc3c(c2)n2c4cc(-c5ccccc5)ccc4nc2n3-c2ccccc2)cc(-c2ccc3c(c2)n2c4cc(-c5ccccc5)ccc4nc2n3-c2ccccc2)c1-n1c2ccccc2c2ccccc21.